The van der Waals surface area contributed by atoms with Gasteiger partial charge in [0, 0.05) is 5.69 Å². The minimum Gasteiger partial charge on any atom is -0.444 e. The van der Waals surface area contributed by atoms with Crippen LogP contribution < -0.4 is 5.32 Å². The fourth-order valence-electron chi connectivity index (χ4n) is 1.44. The summed E-state index contributed by atoms with van der Waals surface area (Å²) < 4.78 is 15.2. The van der Waals surface area contributed by atoms with Gasteiger partial charge in [0.1, 0.15) is 6.61 Å². The van der Waals surface area contributed by atoms with Crippen molar-refractivity contribution in [1.82, 2.24) is 0 Å². The van der Waals surface area contributed by atoms with Gasteiger partial charge in [0.25, 0.3) is 0 Å². The van der Waals surface area contributed by atoms with Gasteiger partial charge in [-0.05, 0) is 19.1 Å². The van der Waals surface area contributed by atoms with Crippen LogP contribution in [0.3, 0.4) is 0 Å². The summed E-state index contributed by atoms with van der Waals surface area (Å²) in [5.74, 6) is 0. The maximum absolute atomic E-state index is 11.4. The molecule has 1 aromatic carbocycles. The van der Waals surface area contributed by atoms with Crippen LogP contribution in [0.1, 0.15) is 5.56 Å². The van der Waals surface area contributed by atoms with Gasteiger partial charge in [0.05, 0.1) is 13.2 Å². The largest absolute Gasteiger partial charge is 0.444 e. The lowest BCUT2D eigenvalue weighted by Gasteiger charge is -2.10. The summed E-state index contributed by atoms with van der Waals surface area (Å²) in [4.78, 5) is 11.4. The van der Waals surface area contributed by atoms with Gasteiger partial charge in [-0.25, -0.2) is 4.79 Å². The van der Waals surface area contributed by atoms with E-state index in [0.717, 1.165) is 5.56 Å². The smallest absolute Gasteiger partial charge is 0.411 e. The number of nitrogens with one attached hydrogen (secondary N) is 1. The van der Waals surface area contributed by atoms with Gasteiger partial charge in [0.2, 0.25) is 0 Å². The third-order valence-electron chi connectivity index (χ3n) is 2.34. The zero-order chi connectivity index (χ0) is 12.1. The number of amides is 1. The molecule has 0 aromatic heterocycles. The van der Waals surface area contributed by atoms with Crippen LogP contribution in [0.4, 0.5) is 10.5 Å². The summed E-state index contributed by atoms with van der Waals surface area (Å²) in [5, 5.41) is 2.62. The zero-order valence-electron chi connectivity index (χ0n) is 9.64. The SMILES string of the molecule is Cc1ccc(NC(=O)OCC2OCCO2)cc1. The van der Waals surface area contributed by atoms with E-state index < -0.39 is 12.4 Å². The maximum atomic E-state index is 11.4. The molecule has 1 aromatic rings. The summed E-state index contributed by atoms with van der Waals surface area (Å²) in [6, 6.07) is 7.47. The van der Waals surface area contributed by atoms with Crippen LogP contribution in [0.25, 0.3) is 0 Å². The number of hydrogen-bond acceptors (Lipinski definition) is 4. The molecule has 1 amide bonds. The summed E-state index contributed by atoms with van der Waals surface area (Å²) in [7, 11) is 0. The molecule has 0 atom stereocenters. The summed E-state index contributed by atoms with van der Waals surface area (Å²) >= 11 is 0. The first kappa shape index (κ1) is 11.9. The Bertz CT molecular complexity index is 371. The molecule has 1 N–H and O–H groups in total. The molecular formula is C12H15NO4. The van der Waals surface area contributed by atoms with E-state index in [4.69, 9.17) is 14.2 Å². The molecular weight excluding hydrogens is 222 g/mol. The number of carbonyl (C=O) groups is 1. The van der Waals surface area contributed by atoms with Gasteiger partial charge in [-0.2, -0.15) is 0 Å². The molecule has 1 fully saturated rings. The average molecular weight is 237 g/mol. The quantitative estimate of drug-likeness (QED) is 0.872. The number of carbonyl (C=O) groups excluding carboxylic acids is 1. The molecule has 1 heterocycles. The molecule has 1 aliphatic heterocycles. The lowest BCUT2D eigenvalue weighted by atomic mass is 10.2. The summed E-state index contributed by atoms with van der Waals surface area (Å²) in [5.41, 5.74) is 1.84. The highest BCUT2D eigenvalue weighted by Crippen LogP contribution is 2.09. The van der Waals surface area contributed by atoms with Crippen molar-refractivity contribution in [2.45, 2.75) is 13.2 Å². The summed E-state index contributed by atoms with van der Waals surface area (Å²) in [6.07, 6.45) is -0.938. The van der Waals surface area contributed by atoms with Crippen molar-refractivity contribution in [3.63, 3.8) is 0 Å². The number of aryl methyl sites for hydroxylation is 1. The Balaban J connectivity index is 1.74. The van der Waals surface area contributed by atoms with Gasteiger partial charge >= 0.3 is 6.09 Å². The van der Waals surface area contributed by atoms with Crippen molar-refractivity contribution < 1.29 is 19.0 Å². The Labute approximate surface area is 99.7 Å². The molecule has 0 unspecified atom stereocenters. The zero-order valence-corrected chi connectivity index (χ0v) is 9.64. The number of anilines is 1. The Morgan fingerprint density at radius 3 is 2.65 bits per heavy atom. The van der Waals surface area contributed by atoms with Gasteiger partial charge in [-0.1, -0.05) is 17.7 Å². The lowest BCUT2D eigenvalue weighted by Crippen LogP contribution is -2.22. The van der Waals surface area contributed by atoms with Crippen molar-refractivity contribution in [3.05, 3.63) is 29.8 Å². The lowest BCUT2D eigenvalue weighted by molar-refractivity contribution is -0.0759. The van der Waals surface area contributed by atoms with Crippen LogP contribution in [-0.2, 0) is 14.2 Å². The van der Waals surface area contributed by atoms with E-state index in [1.165, 1.54) is 0 Å². The van der Waals surface area contributed by atoms with Crippen molar-refractivity contribution in [2.75, 3.05) is 25.1 Å². The van der Waals surface area contributed by atoms with E-state index in [2.05, 4.69) is 5.32 Å². The standard InChI is InChI=1S/C12H15NO4/c1-9-2-4-10(5-3-9)13-12(14)17-8-11-15-6-7-16-11/h2-5,11H,6-8H2,1H3,(H,13,14). The van der Waals surface area contributed by atoms with Crippen LogP contribution in [0, 0.1) is 6.92 Å². The fraction of sp³-hybridized carbons (Fsp3) is 0.417. The predicted octanol–water partition coefficient (Wildman–Crippen LogP) is 1.92. The minimum absolute atomic E-state index is 0.109. The van der Waals surface area contributed by atoms with Crippen LogP contribution in [0.2, 0.25) is 0 Å². The Morgan fingerprint density at radius 1 is 1.35 bits per heavy atom. The Hall–Kier alpha value is -1.59. The molecule has 5 heteroatoms. The molecule has 0 spiro atoms. The van der Waals surface area contributed by atoms with E-state index in [-0.39, 0.29) is 6.61 Å². The highest BCUT2D eigenvalue weighted by Gasteiger charge is 2.17. The highest BCUT2D eigenvalue weighted by molar-refractivity contribution is 5.84. The maximum Gasteiger partial charge on any atom is 0.411 e. The van der Waals surface area contributed by atoms with Crippen molar-refractivity contribution >= 4 is 11.8 Å². The minimum atomic E-state index is -0.507. The van der Waals surface area contributed by atoms with Gasteiger partial charge < -0.3 is 14.2 Å². The van der Waals surface area contributed by atoms with Gasteiger partial charge in [-0.3, -0.25) is 5.32 Å². The number of ether oxygens (including phenoxy) is 3. The van der Waals surface area contributed by atoms with Crippen molar-refractivity contribution in [2.24, 2.45) is 0 Å². The van der Waals surface area contributed by atoms with Crippen molar-refractivity contribution in [3.8, 4) is 0 Å². The summed E-state index contributed by atoms with van der Waals surface area (Å²) in [6.45, 7) is 3.19. The van der Waals surface area contributed by atoms with Gasteiger partial charge in [-0.15, -0.1) is 0 Å². The third kappa shape index (κ3) is 3.72. The first-order chi connectivity index (χ1) is 8.24. The van der Waals surface area contributed by atoms with Crippen LogP contribution >= 0.6 is 0 Å². The fourth-order valence-corrected chi connectivity index (χ4v) is 1.44. The van der Waals surface area contributed by atoms with E-state index >= 15 is 0 Å². The topological polar surface area (TPSA) is 56.8 Å². The Morgan fingerprint density at radius 2 is 2.00 bits per heavy atom. The molecule has 0 aliphatic carbocycles. The molecule has 0 radical (unpaired) electrons. The molecule has 1 aliphatic rings. The van der Waals surface area contributed by atoms with Crippen LogP contribution in [0.15, 0.2) is 24.3 Å². The first-order valence-corrected chi connectivity index (χ1v) is 5.48. The predicted molar refractivity (Wildman–Crippen MR) is 61.8 cm³/mol. The number of benzene rings is 1. The second kappa shape index (κ2) is 5.65. The molecule has 1 saturated heterocycles. The first-order valence-electron chi connectivity index (χ1n) is 5.48. The second-order valence-corrected chi connectivity index (χ2v) is 3.76. The van der Waals surface area contributed by atoms with Crippen molar-refractivity contribution in [1.29, 1.82) is 0 Å². The van der Waals surface area contributed by atoms with E-state index in [1.54, 1.807) is 0 Å². The normalized spacial score (nSPS) is 15.8. The van der Waals surface area contributed by atoms with E-state index in [0.29, 0.717) is 18.9 Å². The van der Waals surface area contributed by atoms with E-state index in [1.807, 2.05) is 31.2 Å². The monoisotopic (exact) mass is 237 g/mol. The molecule has 0 bridgehead atoms. The van der Waals surface area contributed by atoms with Crippen LogP contribution in [0.5, 0.6) is 0 Å². The highest BCUT2D eigenvalue weighted by atomic mass is 16.7. The molecule has 2 rings (SSSR count). The molecule has 5 nitrogen and oxygen atoms in total. The number of hydrogen-bond donors (Lipinski definition) is 1. The molecule has 17 heavy (non-hydrogen) atoms. The number of rotatable bonds is 3. The van der Waals surface area contributed by atoms with E-state index in [9.17, 15) is 4.79 Å². The molecule has 0 saturated carbocycles. The third-order valence-corrected chi connectivity index (χ3v) is 2.34. The average Bonchev–Trinajstić information content (AvgIpc) is 2.83. The Kier molecular flexibility index (Phi) is 3.95. The van der Waals surface area contributed by atoms with Gasteiger partial charge in [0.15, 0.2) is 6.29 Å². The molecule has 92 valence electrons. The van der Waals surface area contributed by atoms with Crippen LogP contribution in [-0.4, -0.2) is 32.2 Å². The second-order valence-electron chi connectivity index (χ2n) is 3.76.